The van der Waals surface area contributed by atoms with Gasteiger partial charge in [-0.05, 0) is 19.1 Å². The van der Waals surface area contributed by atoms with Crippen molar-refractivity contribution in [3.8, 4) is 0 Å². The van der Waals surface area contributed by atoms with E-state index in [0.29, 0.717) is 5.69 Å². The van der Waals surface area contributed by atoms with E-state index in [-0.39, 0.29) is 11.6 Å². The van der Waals surface area contributed by atoms with Crippen LogP contribution in [-0.2, 0) is 4.79 Å². The molecule has 1 aromatic rings. The highest BCUT2D eigenvalue weighted by Crippen LogP contribution is 2.15. The maximum atomic E-state index is 11.2. The number of nitrogens with one attached hydrogen (secondary N) is 1. The number of nitrogens with two attached hydrogens (primary N) is 1. The molecule has 0 aliphatic carbocycles. The van der Waals surface area contributed by atoms with Crippen molar-refractivity contribution < 1.29 is 9.72 Å². The number of non-ortho nitro benzene ring substituents is 1. The van der Waals surface area contributed by atoms with Crippen LogP contribution in [0.2, 0.25) is 0 Å². The van der Waals surface area contributed by atoms with Gasteiger partial charge in [0.2, 0.25) is 5.91 Å². The maximum absolute atomic E-state index is 11.2. The van der Waals surface area contributed by atoms with Crippen LogP contribution in [0.5, 0.6) is 0 Å². The van der Waals surface area contributed by atoms with Crippen molar-refractivity contribution in [3.05, 3.63) is 34.4 Å². The van der Waals surface area contributed by atoms with E-state index in [9.17, 15) is 14.9 Å². The predicted molar refractivity (Wildman–Crippen MR) is 55.4 cm³/mol. The van der Waals surface area contributed by atoms with Crippen molar-refractivity contribution in [1.29, 1.82) is 0 Å². The number of carbonyl (C=O) groups excluding carboxylic acids is 1. The Morgan fingerprint density at radius 1 is 1.47 bits per heavy atom. The molecule has 1 rings (SSSR count). The molecular weight excluding hydrogens is 198 g/mol. The summed E-state index contributed by atoms with van der Waals surface area (Å²) in [6, 6.07) is 4.94. The van der Waals surface area contributed by atoms with Crippen LogP contribution in [0.3, 0.4) is 0 Å². The Balaban J connectivity index is 2.73. The monoisotopic (exact) mass is 209 g/mol. The average Bonchev–Trinajstić information content (AvgIpc) is 2.18. The van der Waals surface area contributed by atoms with Crippen molar-refractivity contribution in [2.45, 2.75) is 13.0 Å². The minimum absolute atomic E-state index is 0.0196. The van der Waals surface area contributed by atoms with Crippen LogP contribution < -0.4 is 11.1 Å². The van der Waals surface area contributed by atoms with Crippen LogP contribution in [0.1, 0.15) is 6.92 Å². The number of amides is 1. The largest absolute Gasteiger partial charge is 0.325 e. The SMILES string of the molecule is C[C@@H](N)C(=O)Nc1ccc([N+](=O)[O-])cc1. The lowest BCUT2D eigenvalue weighted by atomic mass is 10.2. The van der Waals surface area contributed by atoms with Gasteiger partial charge in [0.15, 0.2) is 0 Å². The van der Waals surface area contributed by atoms with E-state index in [4.69, 9.17) is 5.73 Å². The van der Waals surface area contributed by atoms with Crippen LogP contribution in [0, 0.1) is 10.1 Å². The lowest BCUT2D eigenvalue weighted by Gasteiger charge is -2.06. The van der Waals surface area contributed by atoms with Crippen LogP contribution in [0.15, 0.2) is 24.3 Å². The molecule has 3 N–H and O–H groups in total. The molecule has 0 aliphatic rings. The molecule has 1 aromatic carbocycles. The third-order valence-electron chi connectivity index (χ3n) is 1.76. The molecule has 15 heavy (non-hydrogen) atoms. The summed E-state index contributed by atoms with van der Waals surface area (Å²) in [5.74, 6) is -0.330. The number of anilines is 1. The van der Waals surface area contributed by atoms with E-state index in [2.05, 4.69) is 5.32 Å². The third kappa shape index (κ3) is 3.03. The molecule has 1 atom stereocenters. The average molecular weight is 209 g/mol. The van der Waals surface area contributed by atoms with Crippen molar-refractivity contribution in [2.24, 2.45) is 5.73 Å². The van der Waals surface area contributed by atoms with Gasteiger partial charge in [0, 0.05) is 17.8 Å². The second-order valence-corrected chi connectivity index (χ2v) is 3.08. The fourth-order valence-electron chi connectivity index (χ4n) is 0.923. The standard InChI is InChI=1S/C9H11N3O3/c1-6(10)9(13)11-7-2-4-8(5-3-7)12(14)15/h2-6H,10H2,1H3,(H,11,13)/t6-/m1/s1. The molecule has 0 fully saturated rings. The van der Waals surface area contributed by atoms with Gasteiger partial charge >= 0.3 is 0 Å². The molecule has 0 heterocycles. The topological polar surface area (TPSA) is 98.3 Å². The van der Waals surface area contributed by atoms with Gasteiger partial charge in [-0.25, -0.2) is 0 Å². The molecule has 6 heteroatoms. The zero-order valence-electron chi connectivity index (χ0n) is 8.14. The summed E-state index contributed by atoms with van der Waals surface area (Å²) in [5, 5.41) is 12.9. The zero-order valence-corrected chi connectivity index (χ0v) is 8.14. The van der Waals surface area contributed by atoms with E-state index >= 15 is 0 Å². The summed E-state index contributed by atoms with van der Waals surface area (Å²) in [6.45, 7) is 1.56. The number of nitro groups is 1. The van der Waals surface area contributed by atoms with Gasteiger partial charge in [-0.1, -0.05) is 0 Å². The normalized spacial score (nSPS) is 11.9. The molecule has 1 amide bonds. The second kappa shape index (κ2) is 4.52. The molecule has 0 aromatic heterocycles. The van der Waals surface area contributed by atoms with E-state index < -0.39 is 11.0 Å². The number of benzene rings is 1. The summed E-state index contributed by atoms with van der Waals surface area (Å²) >= 11 is 0. The zero-order chi connectivity index (χ0) is 11.4. The van der Waals surface area contributed by atoms with Gasteiger partial charge in [0.05, 0.1) is 11.0 Å². The molecule has 0 aliphatic heterocycles. The summed E-state index contributed by atoms with van der Waals surface area (Å²) in [6.07, 6.45) is 0. The van der Waals surface area contributed by atoms with E-state index in [1.165, 1.54) is 24.3 Å². The Hall–Kier alpha value is -1.95. The van der Waals surface area contributed by atoms with Crippen LogP contribution in [-0.4, -0.2) is 16.9 Å². The highest BCUT2D eigenvalue weighted by atomic mass is 16.6. The van der Waals surface area contributed by atoms with Crippen molar-refractivity contribution in [2.75, 3.05) is 5.32 Å². The van der Waals surface area contributed by atoms with Gasteiger partial charge in [-0.15, -0.1) is 0 Å². The number of hydrogen-bond acceptors (Lipinski definition) is 4. The highest BCUT2D eigenvalue weighted by Gasteiger charge is 2.08. The quantitative estimate of drug-likeness (QED) is 0.570. The van der Waals surface area contributed by atoms with Gasteiger partial charge < -0.3 is 11.1 Å². The van der Waals surface area contributed by atoms with Crippen molar-refractivity contribution in [3.63, 3.8) is 0 Å². The first-order valence-corrected chi connectivity index (χ1v) is 4.31. The van der Waals surface area contributed by atoms with Crippen LogP contribution in [0.4, 0.5) is 11.4 Å². The van der Waals surface area contributed by atoms with Crippen molar-refractivity contribution in [1.82, 2.24) is 0 Å². The number of carbonyl (C=O) groups is 1. The Labute approximate surface area is 86.2 Å². The van der Waals surface area contributed by atoms with E-state index in [1.54, 1.807) is 6.92 Å². The first kappa shape index (κ1) is 11.1. The second-order valence-electron chi connectivity index (χ2n) is 3.08. The summed E-state index contributed by atoms with van der Waals surface area (Å²) in [5.41, 5.74) is 5.81. The maximum Gasteiger partial charge on any atom is 0.269 e. The predicted octanol–water partition coefficient (Wildman–Crippen LogP) is 0.881. The molecule has 0 radical (unpaired) electrons. The summed E-state index contributed by atoms with van der Waals surface area (Å²) in [4.78, 5) is 21.0. The number of nitro benzene ring substituents is 1. The lowest BCUT2D eigenvalue weighted by Crippen LogP contribution is -2.32. The molecule has 0 saturated heterocycles. The van der Waals surface area contributed by atoms with Gasteiger partial charge in [-0.2, -0.15) is 0 Å². The van der Waals surface area contributed by atoms with Gasteiger partial charge in [-0.3, -0.25) is 14.9 Å². The van der Waals surface area contributed by atoms with Gasteiger partial charge in [0.1, 0.15) is 0 Å². The fraction of sp³-hybridized carbons (Fsp3) is 0.222. The molecule has 0 bridgehead atoms. The Kier molecular flexibility index (Phi) is 3.35. The first-order valence-electron chi connectivity index (χ1n) is 4.31. The lowest BCUT2D eigenvalue weighted by molar-refractivity contribution is -0.384. The Morgan fingerprint density at radius 2 is 2.00 bits per heavy atom. The van der Waals surface area contributed by atoms with Crippen LogP contribution >= 0.6 is 0 Å². The van der Waals surface area contributed by atoms with Crippen LogP contribution in [0.25, 0.3) is 0 Å². The number of rotatable bonds is 3. The van der Waals surface area contributed by atoms with E-state index in [0.717, 1.165) is 0 Å². The van der Waals surface area contributed by atoms with Gasteiger partial charge in [0.25, 0.3) is 5.69 Å². The summed E-state index contributed by atoms with van der Waals surface area (Å²) in [7, 11) is 0. The molecule has 6 nitrogen and oxygen atoms in total. The Bertz CT molecular complexity index is 373. The number of nitrogens with zero attached hydrogens (tertiary/aromatic N) is 1. The minimum atomic E-state index is -0.611. The summed E-state index contributed by atoms with van der Waals surface area (Å²) < 4.78 is 0. The molecule has 0 unspecified atom stereocenters. The smallest absolute Gasteiger partial charge is 0.269 e. The number of hydrogen-bond donors (Lipinski definition) is 2. The molecular formula is C9H11N3O3. The fourth-order valence-corrected chi connectivity index (χ4v) is 0.923. The Morgan fingerprint density at radius 3 is 2.40 bits per heavy atom. The first-order chi connectivity index (χ1) is 7.00. The highest BCUT2D eigenvalue weighted by molar-refractivity contribution is 5.94. The molecule has 0 saturated carbocycles. The van der Waals surface area contributed by atoms with E-state index in [1.807, 2.05) is 0 Å². The van der Waals surface area contributed by atoms with Crippen molar-refractivity contribution >= 4 is 17.3 Å². The third-order valence-corrected chi connectivity index (χ3v) is 1.76. The minimum Gasteiger partial charge on any atom is -0.325 e. The molecule has 0 spiro atoms. The molecule has 80 valence electrons.